The minimum Gasteiger partial charge on any atom is -0.349 e. The van der Waals surface area contributed by atoms with E-state index in [9.17, 15) is 4.79 Å². The molecule has 136 valence electrons. The predicted molar refractivity (Wildman–Crippen MR) is 103 cm³/mol. The molecule has 1 unspecified atom stereocenters. The van der Waals surface area contributed by atoms with Crippen molar-refractivity contribution < 1.29 is 4.79 Å². The van der Waals surface area contributed by atoms with E-state index >= 15 is 0 Å². The number of hydrogen-bond acceptors (Lipinski definition) is 2. The van der Waals surface area contributed by atoms with Gasteiger partial charge in [-0.15, -0.1) is 0 Å². The van der Waals surface area contributed by atoms with Crippen molar-refractivity contribution in [2.75, 3.05) is 0 Å². The van der Waals surface area contributed by atoms with Crippen molar-refractivity contribution in [3.63, 3.8) is 0 Å². The fourth-order valence-corrected chi connectivity index (χ4v) is 3.11. The van der Waals surface area contributed by atoms with Gasteiger partial charge < -0.3 is 5.32 Å². The topological polar surface area (TPSA) is 46.9 Å². The summed E-state index contributed by atoms with van der Waals surface area (Å²) >= 11 is 6.24. The number of benzene rings is 1. The maximum atomic E-state index is 12.7. The number of aryl methyl sites for hydroxylation is 1. The first kappa shape index (κ1) is 19.5. The Kier molecular flexibility index (Phi) is 6.65. The lowest BCUT2D eigenvalue weighted by atomic mass is 10.0. The molecule has 2 rings (SSSR count). The van der Waals surface area contributed by atoms with Gasteiger partial charge in [0.15, 0.2) is 0 Å². The fourth-order valence-electron chi connectivity index (χ4n) is 2.92. The third kappa shape index (κ3) is 5.08. The van der Waals surface area contributed by atoms with Gasteiger partial charge in [-0.25, -0.2) is 0 Å². The average Bonchev–Trinajstić information content (AvgIpc) is 2.81. The van der Waals surface area contributed by atoms with E-state index in [-0.39, 0.29) is 11.9 Å². The van der Waals surface area contributed by atoms with Crippen LogP contribution in [0.15, 0.2) is 24.3 Å². The third-order valence-electron chi connectivity index (χ3n) is 4.44. The molecule has 1 aromatic heterocycles. The first-order valence-corrected chi connectivity index (χ1v) is 9.25. The van der Waals surface area contributed by atoms with Gasteiger partial charge in [0.1, 0.15) is 0 Å². The molecule has 4 nitrogen and oxygen atoms in total. The molecule has 1 aromatic carbocycles. The summed E-state index contributed by atoms with van der Waals surface area (Å²) in [5, 5.41) is 8.36. The second-order valence-electron chi connectivity index (χ2n) is 7.14. The van der Waals surface area contributed by atoms with E-state index in [4.69, 9.17) is 11.6 Å². The highest BCUT2D eigenvalue weighted by Gasteiger charge is 2.20. The number of carbonyl (C=O) groups is 1. The van der Waals surface area contributed by atoms with Crippen molar-refractivity contribution >= 4 is 17.5 Å². The highest BCUT2D eigenvalue weighted by atomic mass is 35.5. The van der Waals surface area contributed by atoms with Crippen molar-refractivity contribution in [3.05, 3.63) is 51.8 Å². The summed E-state index contributed by atoms with van der Waals surface area (Å²) in [6.45, 7) is 10.8. The Bertz CT molecular complexity index is 737. The van der Waals surface area contributed by atoms with Gasteiger partial charge in [-0.1, -0.05) is 43.6 Å². The van der Waals surface area contributed by atoms with E-state index in [0.717, 1.165) is 29.8 Å². The Morgan fingerprint density at radius 1 is 1.20 bits per heavy atom. The highest BCUT2D eigenvalue weighted by molar-refractivity contribution is 6.31. The Morgan fingerprint density at radius 2 is 1.88 bits per heavy atom. The molecule has 2 aromatic rings. The van der Waals surface area contributed by atoms with Crippen LogP contribution in [0.5, 0.6) is 0 Å². The minimum atomic E-state index is -0.0448. The van der Waals surface area contributed by atoms with Crippen LogP contribution in [0.25, 0.3) is 0 Å². The molecule has 0 bridgehead atoms. The monoisotopic (exact) mass is 361 g/mol. The second kappa shape index (κ2) is 8.52. The molecule has 0 aliphatic carbocycles. The zero-order valence-electron chi connectivity index (χ0n) is 15.8. The van der Waals surface area contributed by atoms with Gasteiger partial charge in [-0.2, -0.15) is 5.10 Å². The normalized spacial score (nSPS) is 12.4. The van der Waals surface area contributed by atoms with E-state index < -0.39 is 0 Å². The minimum absolute atomic E-state index is 0.0448. The van der Waals surface area contributed by atoms with Gasteiger partial charge in [0.2, 0.25) is 0 Å². The number of nitrogens with one attached hydrogen (secondary N) is 1. The van der Waals surface area contributed by atoms with Crippen LogP contribution in [0.3, 0.4) is 0 Å². The van der Waals surface area contributed by atoms with Crippen LogP contribution < -0.4 is 5.32 Å². The lowest BCUT2D eigenvalue weighted by molar-refractivity contribution is 0.0936. The van der Waals surface area contributed by atoms with Crippen LogP contribution in [0, 0.1) is 19.8 Å². The Balaban J connectivity index is 2.13. The van der Waals surface area contributed by atoms with E-state index in [2.05, 4.69) is 31.2 Å². The van der Waals surface area contributed by atoms with Crippen molar-refractivity contribution in [1.82, 2.24) is 15.1 Å². The number of rotatable bonds is 7. The van der Waals surface area contributed by atoms with Crippen molar-refractivity contribution in [2.24, 2.45) is 5.92 Å². The van der Waals surface area contributed by atoms with E-state index in [1.165, 1.54) is 0 Å². The largest absolute Gasteiger partial charge is 0.349 e. The molecular weight excluding hydrogens is 334 g/mol. The summed E-state index contributed by atoms with van der Waals surface area (Å²) in [5.41, 5.74) is 3.28. The molecule has 0 saturated carbocycles. The van der Waals surface area contributed by atoms with Gasteiger partial charge in [0, 0.05) is 16.8 Å². The zero-order valence-corrected chi connectivity index (χ0v) is 16.5. The fraction of sp³-hybridized carbons (Fsp3) is 0.500. The molecule has 0 radical (unpaired) electrons. The van der Waals surface area contributed by atoms with Gasteiger partial charge in [0.05, 0.1) is 17.8 Å². The lowest BCUT2D eigenvalue weighted by Crippen LogP contribution is -2.33. The van der Waals surface area contributed by atoms with Crippen molar-refractivity contribution in [3.8, 4) is 0 Å². The molecule has 1 amide bonds. The van der Waals surface area contributed by atoms with Gasteiger partial charge in [-0.05, 0) is 51.2 Å². The van der Waals surface area contributed by atoms with Crippen LogP contribution in [0.4, 0.5) is 0 Å². The maximum Gasteiger partial charge on any atom is 0.255 e. The van der Waals surface area contributed by atoms with Gasteiger partial charge in [0.25, 0.3) is 5.91 Å². The summed E-state index contributed by atoms with van der Waals surface area (Å²) in [5.74, 6) is 0.595. The van der Waals surface area contributed by atoms with Gasteiger partial charge in [-0.3, -0.25) is 9.48 Å². The first-order valence-electron chi connectivity index (χ1n) is 8.87. The number of nitrogens with zero attached hydrogens (tertiary/aromatic N) is 2. The molecular formula is C20H28ClN3O. The maximum absolute atomic E-state index is 12.7. The molecule has 1 atom stereocenters. The number of carbonyl (C=O) groups excluding carboxylic acids is 1. The Labute approximate surface area is 155 Å². The summed E-state index contributed by atoms with van der Waals surface area (Å²) in [4.78, 5) is 12.7. The van der Waals surface area contributed by atoms with Crippen LogP contribution >= 0.6 is 11.6 Å². The van der Waals surface area contributed by atoms with Crippen molar-refractivity contribution in [1.29, 1.82) is 0 Å². The Hall–Kier alpha value is -1.81. The van der Waals surface area contributed by atoms with Crippen LogP contribution in [-0.4, -0.2) is 21.7 Å². The number of aromatic nitrogens is 2. The molecule has 1 heterocycles. The molecule has 0 fully saturated rings. The summed E-state index contributed by atoms with van der Waals surface area (Å²) < 4.78 is 1.85. The predicted octanol–water partition coefficient (Wildman–Crippen LogP) is 4.76. The molecule has 0 aliphatic rings. The van der Waals surface area contributed by atoms with Crippen molar-refractivity contribution in [2.45, 2.75) is 60.0 Å². The molecule has 0 spiro atoms. The average molecular weight is 362 g/mol. The first-order chi connectivity index (χ1) is 11.8. The highest BCUT2D eigenvalue weighted by Crippen LogP contribution is 2.19. The van der Waals surface area contributed by atoms with Crippen LogP contribution in [-0.2, 0) is 6.54 Å². The summed E-state index contributed by atoms with van der Waals surface area (Å²) in [7, 11) is 0. The van der Waals surface area contributed by atoms with Crippen LogP contribution in [0.1, 0.15) is 60.9 Å². The quantitative estimate of drug-likeness (QED) is 0.773. The smallest absolute Gasteiger partial charge is 0.255 e. The molecule has 25 heavy (non-hydrogen) atoms. The van der Waals surface area contributed by atoms with Gasteiger partial charge >= 0.3 is 0 Å². The standard InChI is InChI=1S/C20H28ClN3O/c1-13(2)10-11-14(3)22-20(25)19-15(4)23-24(16(19)5)12-17-8-6-7-9-18(17)21/h6-9,13-14H,10-12H2,1-5H3,(H,22,25). The van der Waals surface area contributed by atoms with E-state index in [0.29, 0.717) is 23.0 Å². The SMILES string of the molecule is Cc1nn(Cc2ccccc2Cl)c(C)c1C(=O)NC(C)CCC(C)C. The molecule has 1 N–H and O–H groups in total. The zero-order chi connectivity index (χ0) is 18.6. The van der Waals surface area contributed by atoms with E-state index in [1.54, 1.807) is 0 Å². The second-order valence-corrected chi connectivity index (χ2v) is 7.55. The number of halogens is 1. The van der Waals surface area contributed by atoms with E-state index in [1.807, 2.05) is 42.8 Å². The molecule has 0 saturated heterocycles. The summed E-state index contributed by atoms with van der Waals surface area (Å²) in [6.07, 6.45) is 2.08. The Morgan fingerprint density at radius 3 is 2.52 bits per heavy atom. The number of amides is 1. The molecule has 0 aliphatic heterocycles. The third-order valence-corrected chi connectivity index (χ3v) is 4.81. The van der Waals surface area contributed by atoms with Crippen LogP contribution in [0.2, 0.25) is 5.02 Å². The lowest BCUT2D eigenvalue weighted by Gasteiger charge is -2.15. The summed E-state index contributed by atoms with van der Waals surface area (Å²) in [6, 6.07) is 7.86. The molecule has 5 heteroatoms. The number of hydrogen-bond donors (Lipinski definition) is 1.